The molecule has 0 saturated carbocycles. The zero-order valence-corrected chi connectivity index (χ0v) is 6.83. The third-order valence-electron chi connectivity index (χ3n) is 0.900. The molecule has 0 unspecified atom stereocenters. The van der Waals surface area contributed by atoms with Gasteiger partial charge in [-0.2, -0.15) is 0 Å². The average Bonchev–Trinajstić information content (AvgIpc) is 1.59. The van der Waals surface area contributed by atoms with Crippen LogP contribution in [0.25, 0.3) is 0 Å². The number of Topliss-reactive ketones (excluding diaryl/α,β-unsaturated/α-hetero) is 1. The van der Waals surface area contributed by atoms with E-state index in [4.69, 9.17) is 10.2 Å². The predicted octanol–water partition coefficient (Wildman–Crippen LogP) is 0.962. The summed E-state index contributed by atoms with van der Waals surface area (Å²) in [5, 5.41) is 16.1. The van der Waals surface area contributed by atoms with Gasteiger partial charge < -0.3 is 10.2 Å². The summed E-state index contributed by atoms with van der Waals surface area (Å²) >= 11 is 8.51. The van der Waals surface area contributed by atoms with Crippen LogP contribution in [0.15, 0.2) is 0 Å². The van der Waals surface area contributed by atoms with E-state index in [1.165, 1.54) is 6.92 Å². The lowest BCUT2D eigenvalue weighted by molar-refractivity contribution is -0.117. The van der Waals surface area contributed by atoms with Gasteiger partial charge in [0.15, 0.2) is 16.0 Å². The summed E-state index contributed by atoms with van der Waals surface area (Å²) < 4.78 is 0. The molecule has 0 aliphatic rings. The fourth-order valence-electron chi connectivity index (χ4n) is 0.453. The van der Waals surface area contributed by atoms with Crippen molar-refractivity contribution >= 4 is 40.3 Å². The molecule has 56 valence electrons. The number of carbonyl (C=O) groups is 1. The Morgan fingerprint density at radius 2 is 1.60 bits per heavy atom. The standard InChI is InChI=1S/C5H6O3S2/c1-2(6)3(4(7)9)5(8)10/h3H,1H3,(H,7,9)(H,8,10). The molecule has 0 aromatic heterocycles. The number of aliphatic hydroxyl groups is 2. The molecule has 0 amide bonds. The number of ketones is 1. The fourth-order valence-corrected chi connectivity index (χ4v) is 1.08. The van der Waals surface area contributed by atoms with Gasteiger partial charge in [-0.05, 0) is 31.4 Å². The monoisotopic (exact) mass is 178 g/mol. The molecule has 0 bridgehead atoms. The van der Waals surface area contributed by atoms with Crippen molar-refractivity contribution in [1.82, 2.24) is 0 Å². The van der Waals surface area contributed by atoms with E-state index in [9.17, 15) is 4.79 Å². The zero-order chi connectivity index (χ0) is 8.31. The van der Waals surface area contributed by atoms with Crippen molar-refractivity contribution < 1.29 is 15.0 Å². The molecule has 0 aliphatic heterocycles. The Morgan fingerprint density at radius 1 is 1.30 bits per heavy atom. The number of carbonyl (C=O) groups excluding carboxylic acids is 1. The molecule has 0 spiro atoms. The van der Waals surface area contributed by atoms with Crippen LogP contribution < -0.4 is 0 Å². The zero-order valence-electron chi connectivity index (χ0n) is 5.20. The van der Waals surface area contributed by atoms with Crippen LogP contribution in [0.5, 0.6) is 0 Å². The number of aliphatic hydroxyl groups excluding tert-OH is 2. The van der Waals surface area contributed by atoms with E-state index in [1.54, 1.807) is 0 Å². The van der Waals surface area contributed by atoms with Gasteiger partial charge in [0.05, 0.1) is 0 Å². The Morgan fingerprint density at radius 3 is 1.60 bits per heavy atom. The first-order valence-electron chi connectivity index (χ1n) is 2.43. The molecule has 0 atom stereocenters. The molecule has 5 heteroatoms. The second-order valence-electron chi connectivity index (χ2n) is 1.72. The number of rotatable bonds is 3. The van der Waals surface area contributed by atoms with E-state index in [1.807, 2.05) is 0 Å². The van der Waals surface area contributed by atoms with Gasteiger partial charge in [-0.1, -0.05) is 0 Å². The van der Waals surface area contributed by atoms with Gasteiger partial charge in [0.25, 0.3) is 0 Å². The highest BCUT2D eigenvalue weighted by atomic mass is 32.1. The van der Waals surface area contributed by atoms with Crippen LogP contribution in [0.1, 0.15) is 6.92 Å². The Labute approximate surface area is 68.7 Å². The maximum Gasteiger partial charge on any atom is 0.175 e. The van der Waals surface area contributed by atoms with Crippen LogP contribution in [0, 0.1) is 5.92 Å². The van der Waals surface area contributed by atoms with Gasteiger partial charge in [0.2, 0.25) is 0 Å². The summed E-state index contributed by atoms with van der Waals surface area (Å²) in [4.78, 5) is 10.5. The minimum atomic E-state index is -1.18. The van der Waals surface area contributed by atoms with E-state index in [0.717, 1.165) is 0 Å². The lowest BCUT2D eigenvalue weighted by Gasteiger charge is -2.05. The third kappa shape index (κ3) is 2.36. The molecule has 0 rings (SSSR count). The largest absolute Gasteiger partial charge is 0.501 e. The lowest BCUT2D eigenvalue weighted by Crippen LogP contribution is -2.27. The SMILES string of the molecule is CC(=O)C(C(O)=S)C(O)=S. The molecule has 0 aliphatic carbocycles. The van der Waals surface area contributed by atoms with Crippen molar-refractivity contribution in [2.45, 2.75) is 6.92 Å². The summed E-state index contributed by atoms with van der Waals surface area (Å²) in [6.07, 6.45) is 0. The maximum absolute atomic E-state index is 10.5. The fraction of sp³-hybridized carbons (Fsp3) is 0.400. The summed E-state index contributed by atoms with van der Waals surface area (Å²) in [6.45, 7) is 1.19. The second-order valence-corrected chi connectivity index (χ2v) is 2.56. The molecule has 0 fully saturated rings. The van der Waals surface area contributed by atoms with E-state index >= 15 is 0 Å². The first kappa shape index (κ1) is 9.45. The highest BCUT2D eigenvalue weighted by Crippen LogP contribution is 2.01. The number of hydrogen-bond acceptors (Lipinski definition) is 3. The summed E-state index contributed by atoms with van der Waals surface area (Å²) in [5.74, 6) is -1.63. The van der Waals surface area contributed by atoms with Crippen LogP contribution in [-0.2, 0) is 4.79 Å². The van der Waals surface area contributed by atoms with E-state index < -0.39 is 21.8 Å². The van der Waals surface area contributed by atoms with Gasteiger partial charge in [-0.15, -0.1) is 0 Å². The van der Waals surface area contributed by atoms with Gasteiger partial charge in [0, 0.05) is 0 Å². The Bertz CT molecular complexity index is 154. The molecule has 10 heavy (non-hydrogen) atoms. The predicted molar refractivity (Wildman–Crippen MR) is 44.6 cm³/mol. The van der Waals surface area contributed by atoms with Crippen LogP contribution >= 0.6 is 24.4 Å². The summed E-state index contributed by atoms with van der Waals surface area (Å²) in [5.41, 5.74) is 0. The molecule has 0 saturated heterocycles. The normalized spacial score (nSPS) is 9.40. The van der Waals surface area contributed by atoms with Crippen LogP contribution in [-0.4, -0.2) is 26.1 Å². The topological polar surface area (TPSA) is 57.5 Å². The minimum Gasteiger partial charge on any atom is -0.501 e. The van der Waals surface area contributed by atoms with Crippen molar-refractivity contribution in [3.05, 3.63) is 0 Å². The first-order chi connectivity index (χ1) is 4.46. The van der Waals surface area contributed by atoms with Gasteiger partial charge in [-0.3, -0.25) is 4.79 Å². The molecular formula is C5H6O3S2. The Kier molecular flexibility index (Phi) is 3.38. The summed E-state index contributed by atoms with van der Waals surface area (Å²) in [6, 6.07) is 0. The molecule has 0 radical (unpaired) electrons. The highest BCUT2D eigenvalue weighted by molar-refractivity contribution is 7.81. The van der Waals surface area contributed by atoms with Gasteiger partial charge >= 0.3 is 0 Å². The Balaban J connectivity index is 4.43. The van der Waals surface area contributed by atoms with Crippen molar-refractivity contribution in [3.8, 4) is 0 Å². The molecule has 0 heterocycles. The van der Waals surface area contributed by atoms with Crippen LogP contribution in [0.3, 0.4) is 0 Å². The lowest BCUT2D eigenvalue weighted by atomic mass is 10.1. The molecule has 0 aromatic carbocycles. The number of hydrogen-bond donors (Lipinski definition) is 2. The number of thiocarbonyl (C=S) groups is 2. The van der Waals surface area contributed by atoms with Crippen molar-refractivity contribution in [2.75, 3.05) is 0 Å². The Hall–Kier alpha value is -0.550. The van der Waals surface area contributed by atoms with Crippen molar-refractivity contribution in [3.63, 3.8) is 0 Å². The highest BCUT2D eigenvalue weighted by Gasteiger charge is 2.23. The van der Waals surface area contributed by atoms with E-state index in [0.29, 0.717) is 0 Å². The second kappa shape index (κ2) is 3.58. The van der Waals surface area contributed by atoms with Gasteiger partial charge in [-0.25, -0.2) is 0 Å². The van der Waals surface area contributed by atoms with Crippen LogP contribution in [0.2, 0.25) is 0 Å². The van der Waals surface area contributed by atoms with Crippen LogP contribution in [0.4, 0.5) is 0 Å². The summed E-state index contributed by atoms with van der Waals surface area (Å²) in [7, 11) is 0. The van der Waals surface area contributed by atoms with Gasteiger partial charge in [0.1, 0.15) is 5.78 Å². The molecular weight excluding hydrogens is 172 g/mol. The minimum absolute atomic E-state index is 0.458. The van der Waals surface area contributed by atoms with Crippen molar-refractivity contribution in [1.29, 1.82) is 0 Å². The van der Waals surface area contributed by atoms with Crippen molar-refractivity contribution in [2.24, 2.45) is 5.92 Å². The molecule has 0 aromatic rings. The van der Waals surface area contributed by atoms with E-state index in [2.05, 4.69) is 24.4 Å². The third-order valence-corrected chi connectivity index (χ3v) is 1.37. The van der Waals surface area contributed by atoms with E-state index in [-0.39, 0.29) is 0 Å². The molecule has 3 nitrogen and oxygen atoms in total. The maximum atomic E-state index is 10.5. The average molecular weight is 178 g/mol. The quantitative estimate of drug-likeness (QED) is 0.630. The first-order valence-corrected chi connectivity index (χ1v) is 3.24. The smallest absolute Gasteiger partial charge is 0.175 e. The molecule has 2 N–H and O–H groups in total.